The number of nitrogens with one attached hydrogen (secondary N) is 2. The first-order valence-electron chi connectivity index (χ1n) is 9.82. The van der Waals surface area contributed by atoms with Gasteiger partial charge >= 0.3 is 12.1 Å². The molecule has 0 aromatic heterocycles. The van der Waals surface area contributed by atoms with Crippen molar-refractivity contribution in [3.05, 3.63) is 10.4 Å². The van der Waals surface area contributed by atoms with Gasteiger partial charge in [-0.3, -0.25) is 9.59 Å². The summed E-state index contributed by atoms with van der Waals surface area (Å²) >= 11 is 0. The third-order valence-corrected chi connectivity index (χ3v) is 4.00. The lowest BCUT2D eigenvalue weighted by molar-refractivity contribution is -0.150. The van der Waals surface area contributed by atoms with Crippen molar-refractivity contribution in [3.8, 4) is 0 Å². The van der Waals surface area contributed by atoms with Gasteiger partial charge in [0.25, 0.3) is 5.91 Å². The molecule has 0 rings (SSSR count). The molecule has 2 N–H and O–H groups in total. The molecule has 3 amide bonds. The van der Waals surface area contributed by atoms with E-state index in [1.807, 2.05) is 0 Å². The minimum Gasteiger partial charge on any atom is -0.467 e. The molecular weight excluding hydrogens is 408 g/mol. The molecule has 0 saturated heterocycles. The predicted octanol–water partition coefficient (Wildman–Crippen LogP) is 2.58. The summed E-state index contributed by atoms with van der Waals surface area (Å²) in [7, 11) is 1.19. The maximum absolute atomic E-state index is 13.0. The van der Waals surface area contributed by atoms with Crippen LogP contribution in [0, 0.1) is 0 Å². The molecule has 0 aromatic rings. The van der Waals surface area contributed by atoms with Crippen molar-refractivity contribution in [2.75, 3.05) is 7.11 Å². The Morgan fingerprint density at radius 1 is 1.03 bits per heavy atom. The summed E-state index contributed by atoms with van der Waals surface area (Å²) in [6, 6.07) is -1.21. The van der Waals surface area contributed by atoms with Crippen molar-refractivity contribution < 1.29 is 28.7 Å². The number of azide groups is 1. The molecule has 12 nitrogen and oxygen atoms in total. The molecule has 0 bridgehead atoms. The van der Waals surface area contributed by atoms with E-state index < -0.39 is 46.6 Å². The van der Waals surface area contributed by atoms with Crippen LogP contribution in [0.1, 0.15) is 68.2 Å². The fraction of sp³-hybridized carbons (Fsp3) is 0.789. The Morgan fingerprint density at radius 3 is 2.00 bits per heavy atom. The van der Waals surface area contributed by atoms with Crippen LogP contribution in [0.2, 0.25) is 0 Å². The second kappa shape index (κ2) is 10.9. The highest BCUT2D eigenvalue weighted by Crippen LogP contribution is 2.17. The van der Waals surface area contributed by atoms with Gasteiger partial charge in [0.2, 0.25) is 5.91 Å². The molecule has 0 aliphatic heterocycles. The van der Waals surface area contributed by atoms with Crippen molar-refractivity contribution in [3.63, 3.8) is 0 Å². The van der Waals surface area contributed by atoms with Crippen molar-refractivity contribution >= 4 is 23.9 Å². The van der Waals surface area contributed by atoms with Crippen LogP contribution in [0.5, 0.6) is 0 Å². The lowest BCUT2D eigenvalue weighted by Crippen LogP contribution is -2.63. The van der Waals surface area contributed by atoms with Crippen LogP contribution >= 0.6 is 0 Å². The fourth-order valence-corrected chi connectivity index (χ4v) is 2.41. The number of amides is 3. The van der Waals surface area contributed by atoms with Crippen LogP contribution in [0.4, 0.5) is 4.79 Å². The molecule has 176 valence electrons. The Labute approximate surface area is 182 Å². The van der Waals surface area contributed by atoms with E-state index in [2.05, 4.69) is 25.5 Å². The topological polar surface area (TPSA) is 163 Å². The molecule has 0 unspecified atom stereocenters. The van der Waals surface area contributed by atoms with E-state index >= 15 is 0 Å². The van der Waals surface area contributed by atoms with Crippen molar-refractivity contribution in [2.45, 2.75) is 91.0 Å². The molecular formula is C19H34N6O6. The zero-order chi connectivity index (χ0) is 24.6. The summed E-state index contributed by atoms with van der Waals surface area (Å²) < 4.78 is 9.88. The van der Waals surface area contributed by atoms with Crippen molar-refractivity contribution in [2.24, 2.45) is 5.22 Å². The molecule has 12 heteroatoms. The average Bonchev–Trinajstić information content (AvgIpc) is 2.61. The first-order chi connectivity index (χ1) is 14.0. The third kappa shape index (κ3) is 8.71. The number of methoxy groups -OCH3 is 1. The lowest BCUT2D eigenvalue weighted by Gasteiger charge is -2.32. The maximum Gasteiger partial charge on any atom is 0.511 e. The van der Waals surface area contributed by atoms with E-state index in [0.29, 0.717) is 11.4 Å². The number of hydrogen-bond donors (Lipinski definition) is 2. The number of carbonyl (C=O) groups excluding carboxylic acids is 4. The van der Waals surface area contributed by atoms with E-state index in [1.54, 1.807) is 27.7 Å². The zero-order valence-corrected chi connectivity index (χ0v) is 19.7. The largest absolute Gasteiger partial charge is 0.511 e. The summed E-state index contributed by atoms with van der Waals surface area (Å²) in [6.07, 6.45) is -0.372. The fourth-order valence-electron chi connectivity index (χ4n) is 2.41. The van der Waals surface area contributed by atoms with Crippen LogP contribution < -0.4 is 10.6 Å². The number of ether oxygens (including phenoxy) is 2. The van der Waals surface area contributed by atoms with Gasteiger partial charge in [-0.2, -0.15) is 9.71 Å². The first-order valence-corrected chi connectivity index (χ1v) is 9.82. The predicted molar refractivity (Wildman–Crippen MR) is 112 cm³/mol. The SMILES string of the molecule is CCC[C@@H](C(=O)NC(C)(C)C(=O)NC(C)(C)C(=O)OC)N(N=[N+]=[N-])C(=O)OC(C)(C)C. The Balaban J connectivity index is 5.70. The first kappa shape index (κ1) is 28.0. The van der Waals surface area contributed by atoms with E-state index in [9.17, 15) is 19.2 Å². The molecule has 0 heterocycles. The highest BCUT2D eigenvalue weighted by Gasteiger charge is 2.42. The van der Waals surface area contributed by atoms with Gasteiger partial charge < -0.3 is 20.1 Å². The van der Waals surface area contributed by atoms with Gasteiger partial charge in [-0.25, -0.2) is 4.79 Å². The van der Waals surface area contributed by atoms with E-state index in [4.69, 9.17) is 10.3 Å². The Kier molecular flexibility index (Phi) is 9.80. The molecule has 31 heavy (non-hydrogen) atoms. The smallest absolute Gasteiger partial charge is 0.467 e. The average molecular weight is 443 g/mol. The quantitative estimate of drug-likeness (QED) is 0.183. The van der Waals surface area contributed by atoms with Gasteiger partial charge in [-0.15, -0.1) is 10.5 Å². The molecule has 0 spiro atoms. The second-order valence-corrected chi connectivity index (χ2v) is 8.99. The highest BCUT2D eigenvalue weighted by molar-refractivity contribution is 5.96. The van der Waals surface area contributed by atoms with Crippen molar-refractivity contribution in [1.82, 2.24) is 15.6 Å². The minimum absolute atomic E-state index is 0.148. The maximum atomic E-state index is 13.0. The van der Waals surface area contributed by atoms with E-state index in [-0.39, 0.29) is 6.42 Å². The van der Waals surface area contributed by atoms with Gasteiger partial charge in [0.1, 0.15) is 16.7 Å². The van der Waals surface area contributed by atoms with Crippen LogP contribution in [-0.4, -0.2) is 58.7 Å². The van der Waals surface area contributed by atoms with Gasteiger partial charge in [-0.05, 0) is 60.1 Å². The minimum atomic E-state index is -1.47. The number of nitrogens with zero attached hydrogens (tertiary/aromatic N) is 4. The van der Waals surface area contributed by atoms with Gasteiger partial charge in [0.15, 0.2) is 6.04 Å². The zero-order valence-electron chi connectivity index (χ0n) is 19.7. The number of carbonyl (C=O) groups is 4. The van der Waals surface area contributed by atoms with Crippen LogP contribution in [0.15, 0.2) is 5.22 Å². The van der Waals surface area contributed by atoms with Crippen LogP contribution in [0.3, 0.4) is 0 Å². The standard InChI is InChI=1S/C19H34N6O6/c1-10-11-12(25(24-23-20)16(29)31-17(2,3)4)13(26)21-18(5,6)14(27)22-19(7,8)15(28)30-9/h12H,10-11H2,1-9H3,(H,21,26)(H,22,27)/t12-/m0/s1. The summed E-state index contributed by atoms with van der Waals surface area (Å²) in [5.41, 5.74) is 5.20. The van der Waals surface area contributed by atoms with Crippen LogP contribution in [-0.2, 0) is 23.9 Å². The molecule has 0 aliphatic carbocycles. The molecule has 0 aromatic carbocycles. The highest BCUT2D eigenvalue weighted by atomic mass is 16.6. The Bertz CT molecular complexity index is 737. The normalized spacial score (nSPS) is 12.7. The monoisotopic (exact) mass is 442 g/mol. The molecule has 0 saturated carbocycles. The molecule has 1 atom stereocenters. The summed E-state index contributed by atoms with van der Waals surface area (Å²) in [5, 5.41) is 9.01. The lowest BCUT2D eigenvalue weighted by atomic mass is 9.98. The third-order valence-electron chi connectivity index (χ3n) is 4.00. The number of rotatable bonds is 9. The molecule has 0 fully saturated rings. The summed E-state index contributed by atoms with van der Waals surface area (Å²) in [4.78, 5) is 52.6. The van der Waals surface area contributed by atoms with E-state index in [1.165, 1.54) is 34.8 Å². The summed E-state index contributed by atoms with van der Waals surface area (Å²) in [6.45, 7) is 12.4. The van der Waals surface area contributed by atoms with E-state index in [0.717, 1.165) is 0 Å². The second-order valence-electron chi connectivity index (χ2n) is 8.99. The van der Waals surface area contributed by atoms with Gasteiger partial charge in [0.05, 0.1) is 7.11 Å². The van der Waals surface area contributed by atoms with Gasteiger partial charge in [0, 0.05) is 0 Å². The number of hydrogen-bond acceptors (Lipinski definition) is 7. The molecule has 0 aliphatic rings. The number of esters is 1. The Morgan fingerprint density at radius 2 is 1.58 bits per heavy atom. The van der Waals surface area contributed by atoms with Crippen molar-refractivity contribution in [1.29, 1.82) is 0 Å². The summed E-state index contributed by atoms with van der Waals surface area (Å²) in [5.74, 6) is -2.04. The van der Waals surface area contributed by atoms with Gasteiger partial charge in [-0.1, -0.05) is 13.3 Å². The molecule has 0 radical (unpaired) electrons. The Hall–Kier alpha value is -3.01. The van der Waals surface area contributed by atoms with Crippen LogP contribution in [0.25, 0.3) is 10.4 Å².